The number of carbonyl (C=O) groups excluding carboxylic acids is 3. The van der Waals surface area contributed by atoms with Gasteiger partial charge in [-0.25, -0.2) is 0 Å². The minimum absolute atomic E-state index is 0.0172. The van der Waals surface area contributed by atoms with Crippen LogP contribution in [0.5, 0.6) is 5.75 Å². The van der Waals surface area contributed by atoms with Gasteiger partial charge in [0.05, 0.1) is 16.8 Å². The fourth-order valence-electron chi connectivity index (χ4n) is 3.93. The summed E-state index contributed by atoms with van der Waals surface area (Å²) in [6.45, 7) is 5.97. The lowest BCUT2D eigenvalue weighted by Gasteiger charge is -2.39. The van der Waals surface area contributed by atoms with Crippen LogP contribution in [0, 0.1) is 0 Å². The second kappa shape index (κ2) is 9.58. The highest BCUT2D eigenvalue weighted by molar-refractivity contribution is 6.05. The van der Waals surface area contributed by atoms with E-state index in [1.165, 1.54) is 18.7 Å². The van der Waals surface area contributed by atoms with Gasteiger partial charge in [0.2, 0.25) is 5.91 Å². The highest BCUT2D eigenvalue weighted by Crippen LogP contribution is 2.43. The summed E-state index contributed by atoms with van der Waals surface area (Å²) in [6.07, 6.45) is -3.09. The molecular weight excluding hydrogens is 441 g/mol. The van der Waals surface area contributed by atoms with Crippen LogP contribution in [0.1, 0.15) is 56.0 Å². The molecule has 3 N–H and O–H groups in total. The molecule has 8 nitrogen and oxygen atoms in total. The van der Waals surface area contributed by atoms with Crippen molar-refractivity contribution in [2.45, 2.75) is 57.9 Å². The molecule has 0 saturated carbocycles. The minimum atomic E-state index is -4.80. The normalized spacial score (nSPS) is 20.0. The average Bonchev–Trinajstić information content (AvgIpc) is 2.75. The van der Waals surface area contributed by atoms with E-state index >= 15 is 0 Å². The number of piperidine rings is 1. The highest BCUT2D eigenvalue weighted by Gasteiger charge is 2.44. The van der Waals surface area contributed by atoms with E-state index in [1.54, 1.807) is 6.92 Å². The Labute approximate surface area is 190 Å². The number of fused-ring (bicyclic) bond motifs is 1. The number of nitrogens with zero attached hydrogens (tertiary/aromatic N) is 1. The molecular formula is C22H29F3N4O4. The maximum absolute atomic E-state index is 13.9. The average molecular weight is 470 g/mol. The topological polar surface area (TPSA) is 99.8 Å². The van der Waals surface area contributed by atoms with Gasteiger partial charge in [-0.05, 0) is 45.4 Å². The van der Waals surface area contributed by atoms with E-state index in [1.807, 2.05) is 0 Å². The number of hydrogen-bond acceptors (Lipinski definition) is 5. The third-order valence-corrected chi connectivity index (χ3v) is 5.68. The third kappa shape index (κ3) is 5.58. The van der Waals surface area contributed by atoms with Crippen molar-refractivity contribution in [2.24, 2.45) is 0 Å². The first-order chi connectivity index (χ1) is 15.4. The van der Waals surface area contributed by atoms with Gasteiger partial charge in [-0.3, -0.25) is 14.4 Å². The molecule has 0 aliphatic carbocycles. The quantitative estimate of drug-likeness (QED) is 0.592. The molecule has 1 saturated heterocycles. The number of nitrogens with one attached hydrogen (secondary N) is 3. The van der Waals surface area contributed by atoms with Gasteiger partial charge in [-0.1, -0.05) is 6.92 Å². The van der Waals surface area contributed by atoms with E-state index < -0.39 is 34.7 Å². The van der Waals surface area contributed by atoms with Crippen LogP contribution in [0.3, 0.4) is 0 Å². The Kier molecular flexibility index (Phi) is 7.20. The van der Waals surface area contributed by atoms with E-state index in [-0.39, 0.29) is 42.9 Å². The highest BCUT2D eigenvalue weighted by atomic mass is 19.4. The smallest absolute Gasteiger partial charge is 0.417 e. The van der Waals surface area contributed by atoms with Crippen LogP contribution in [0.15, 0.2) is 12.1 Å². The van der Waals surface area contributed by atoms with E-state index in [0.29, 0.717) is 13.0 Å². The zero-order chi connectivity index (χ0) is 24.4. The first kappa shape index (κ1) is 24.8. The van der Waals surface area contributed by atoms with Crippen LogP contribution in [0.25, 0.3) is 0 Å². The Hall–Kier alpha value is -2.82. The Morgan fingerprint density at radius 2 is 2.03 bits per heavy atom. The van der Waals surface area contributed by atoms with Gasteiger partial charge in [0.25, 0.3) is 11.8 Å². The summed E-state index contributed by atoms with van der Waals surface area (Å²) in [5, 5.41) is 8.41. The molecule has 182 valence electrons. The molecule has 0 radical (unpaired) electrons. The van der Waals surface area contributed by atoms with Crippen molar-refractivity contribution in [1.82, 2.24) is 16.0 Å². The van der Waals surface area contributed by atoms with Gasteiger partial charge in [0, 0.05) is 32.1 Å². The fraction of sp³-hybridized carbons (Fsp3) is 0.591. The number of amides is 3. The van der Waals surface area contributed by atoms with Crippen molar-refractivity contribution in [1.29, 1.82) is 0 Å². The summed E-state index contributed by atoms with van der Waals surface area (Å²) in [7, 11) is 0. The lowest BCUT2D eigenvalue weighted by molar-refractivity contribution is -0.138. The molecule has 2 aliphatic rings. The van der Waals surface area contributed by atoms with Crippen LogP contribution in [-0.2, 0) is 15.8 Å². The van der Waals surface area contributed by atoms with Crippen LogP contribution < -0.4 is 25.6 Å². The number of rotatable bonds is 6. The van der Waals surface area contributed by atoms with Crippen LogP contribution in [-0.4, -0.2) is 55.5 Å². The maximum atomic E-state index is 13.9. The summed E-state index contributed by atoms with van der Waals surface area (Å²) in [4.78, 5) is 38.7. The standard InChI is InChI=1S/C22H29F3N4O4/c1-4-18(30)27-8-9-29-16-10-14(19(31)28-13-6-5-7-26-12-13)15(22(23,24)25)11-17(16)33-21(2,3)20(29)32/h10-11,13,26H,4-9,12H2,1-3H3,(H,27,30)(H,28,31). The van der Waals surface area contributed by atoms with Crippen molar-refractivity contribution >= 4 is 23.4 Å². The van der Waals surface area contributed by atoms with Crippen LogP contribution in [0.2, 0.25) is 0 Å². The summed E-state index contributed by atoms with van der Waals surface area (Å²) < 4.78 is 47.2. The lowest BCUT2D eigenvalue weighted by atomic mass is 9.98. The Bertz CT molecular complexity index is 927. The predicted octanol–water partition coefficient (Wildman–Crippen LogP) is 2.22. The second-order valence-corrected chi connectivity index (χ2v) is 8.65. The van der Waals surface area contributed by atoms with Gasteiger partial charge in [0.1, 0.15) is 5.75 Å². The molecule has 0 bridgehead atoms. The van der Waals surface area contributed by atoms with E-state index in [2.05, 4.69) is 16.0 Å². The molecule has 3 amide bonds. The van der Waals surface area contributed by atoms with Gasteiger partial charge in [-0.15, -0.1) is 0 Å². The number of hydrogen-bond donors (Lipinski definition) is 3. The summed E-state index contributed by atoms with van der Waals surface area (Å²) in [6, 6.07) is 1.54. The molecule has 1 atom stereocenters. The molecule has 1 unspecified atom stereocenters. The Morgan fingerprint density at radius 3 is 2.64 bits per heavy atom. The first-order valence-corrected chi connectivity index (χ1v) is 11.0. The van der Waals surface area contributed by atoms with Crippen molar-refractivity contribution in [3.05, 3.63) is 23.3 Å². The minimum Gasteiger partial charge on any atom is -0.476 e. The molecule has 11 heteroatoms. The van der Waals surface area contributed by atoms with Crippen molar-refractivity contribution in [3.8, 4) is 5.75 Å². The Balaban J connectivity index is 1.99. The zero-order valence-electron chi connectivity index (χ0n) is 18.9. The molecule has 2 aliphatic heterocycles. The monoisotopic (exact) mass is 470 g/mol. The molecule has 0 spiro atoms. The number of anilines is 1. The molecule has 2 heterocycles. The summed E-state index contributed by atoms with van der Waals surface area (Å²) in [5.74, 6) is -1.72. The van der Waals surface area contributed by atoms with Gasteiger partial charge < -0.3 is 25.6 Å². The number of alkyl halides is 3. The number of benzene rings is 1. The van der Waals surface area contributed by atoms with Gasteiger partial charge in [0.15, 0.2) is 5.60 Å². The van der Waals surface area contributed by atoms with Gasteiger partial charge in [-0.2, -0.15) is 13.2 Å². The SMILES string of the molecule is CCC(=O)NCCN1C(=O)C(C)(C)Oc2cc(C(F)(F)F)c(C(=O)NC3CCCNC3)cc21. The summed E-state index contributed by atoms with van der Waals surface area (Å²) in [5.41, 5.74) is -3.07. The molecule has 1 fully saturated rings. The number of halogens is 3. The first-order valence-electron chi connectivity index (χ1n) is 11.0. The van der Waals surface area contributed by atoms with E-state index in [4.69, 9.17) is 4.74 Å². The van der Waals surface area contributed by atoms with Crippen LogP contribution in [0.4, 0.5) is 18.9 Å². The largest absolute Gasteiger partial charge is 0.476 e. The van der Waals surface area contributed by atoms with Crippen molar-refractivity contribution in [2.75, 3.05) is 31.1 Å². The second-order valence-electron chi connectivity index (χ2n) is 8.65. The van der Waals surface area contributed by atoms with Crippen molar-refractivity contribution in [3.63, 3.8) is 0 Å². The predicted molar refractivity (Wildman–Crippen MR) is 115 cm³/mol. The number of carbonyl (C=O) groups is 3. The fourth-order valence-corrected chi connectivity index (χ4v) is 3.93. The van der Waals surface area contributed by atoms with Crippen LogP contribution >= 0.6 is 0 Å². The summed E-state index contributed by atoms with van der Waals surface area (Å²) >= 11 is 0. The number of ether oxygens (including phenoxy) is 1. The molecule has 1 aromatic rings. The van der Waals surface area contributed by atoms with E-state index in [9.17, 15) is 27.6 Å². The molecule has 0 aromatic heterocycles. The lowest BCUT2D eigenvalue weighted by Crippen LogP contribution is -2.54. The van der Waals surface area contributed by atoms with E-state index in [0.717, 1.165) is 25.1 Å². The third-order valence-electron chi connectivity index (χ3n) is 5.68. The zero-order valence-corrected chi connectivity index (χ0v) is 18.9. The van der Waals surface area contributed by atoms with Crippen molar-refractivity contribution < 1.29 is 32.3 Å². The molecule has 3 rings (SSSR count). The molecule has 1 aromatic carbocycles. The Morgan fingerprint density at radius 1 is 1.30 bits per heavy atom. The maximum Gasteiger partial charge on any atom is 0.417 e. The van der Waals surface area contributed by atoms with Gasteiger partial charge >= 0.3 is 6.18 Å². The molecule has 33 heavy (non-hydrogen) atoms.